The fraction of sp³-hybridized carbons (Fsp3) is 0.667. The van der Waals surface area contributed by atoms with Crippen LogP contribution < -0.4 is 24.2 Å². The summed E-state index contributed by atoms with van der Waals surface area (Å²) in [7, 11) is 0.0523. The molecule has 0 amide bonds. The molecule has 0 nitrogen and oxygen atoms in total. The predicted octanol–water partition coefficient (Wildman–Crippen LogP) is 2.26. The van der Waals surface area contributed by atoms with Gasteiger partial charge in [0.1, 0.15) is 0 Å². The molecule has 2 heteroatoms. The van der Waals surface area contributed by atoms with Gasteiger partial charge in [-0.1, -0.05) is 46.4 Å². The summed E-state index contributed by atoms with van der Waals surface area (Å²) >= 11 is 0. The summed E-state index contributed by atoms with van der Waals surface area (Å²) in [5.41, 5.74) is 2.01. The quantitative estimate of drug-likeness (QED) is 0.453. The number of hydrogen-bond donors (Lipinski definition) is 0. The molecule has 0 aromatic heterocycles. The van der Waals surface area contributed by atoms with Crippen molar-refractivity contribution in [1.82, 2.24) is 0 Å². The second kappa shape index (κ2) is 8.63. The molecule has 0 saturated heterocycles. The molecule has 0 aliphatic heterocycles. The Bertz CT molecular complexity index is 348. The van der Waals surface area contributed by atoms with Crippen LogP contribution in [0.5, 0.6) is 0 Å². The molecular formula is C18H26LiP. The van der Waals surface area contributed by atoms with Crippen molar-refractivity contribution in [1.29, 1.82) is 0 Å². The van der Waals surface area contributed by atoms with Crippen LogP contribution in [-0.4, -0.2) is 11.3 Å². The zero-order valence-corrected chi connectivity index (χ0v) is 13.9. The van der Waals surface area contributed by atoms with Gasteiger partial charge in [0, 0.05) is 0 Å². The normalized spacial score (nSPS) is 21.6. The van der Waals surface area contributed by atoms with E-state index >= 15 is 0 Å². The van der Waals surface area contributed by atoms with E-state index in [9.17, 15) is 0 Å². The van der Waals surface area contributed by atoms with Crippen molar-refractivity contribution >= 4 is 13.2 Å². The first-order valence-corrected chi connectivity index (χ1v) is 9.68. The molecule has 1 aromatic rings. The van der Waals surface area contributed by atoms with E-state index in [1.54, 1.807) is 5.30 Å². The van der Waals surface area contributed by atoms with E-state index < -0.39 is 0 Å². The first-order valence-electron chi connectivity index (χ1n) is 8.20. The van der Waals surface area contributed by atoms with E-state index in [-0.39, 0.29) is 26.8 Å². The van der Waals surface area contributed by atoms with Gasteiger partial charge >= 0.3 is 18.9 Å². The van der Waals surface area contributed by atoms with Gasteiger partial charge in [-0.25, -0.2) is 0 Å². The Kier molecular flexibility index (Phi) is 7.17. The van der Waals surface area contributed by atoms with Gasteiger partial charge in [-0.3, -0.25) is 0 Å². The molecule has 0 heterocycles. The van der Waals surface area contributed by atoms with Crippen LogP contribution in [0.1, 0.15) is 64.2 Å². The fourth-order valence-electron chi connectivity index (χ4n) is 3.95. The Hall–Kier alpha value is 0.247. The van der Waals surface area contributed by atoms with E-state index in [0.717, 1.165) is 11.3 Å². The maximum atomic E-state index is 3.59. The molecule has 0 unspecified atom stereocenters. The zero-order chi connectivity index (χ0) is 12.9. The Morgan fingerprint density at radius 1 is 0.800 bits per heavy atom. The fourth-order valence-corrected chi connectivity index (χ4v) is 7.66. The molecule has 2 saturated carbocycles. The maximum Gasteiger partial charge on any atom is 1.00 e. The second-order valence-electron chi connectivity index (χ2n) is 6.24. The molecule has 2 fully saturated rings. The summed E-state index contributed by atoms with van der Waals surface area (Å²) in [4.78, 5) is 0. The minimum absolute atomic E-state index is 0. The van der Waals surface area contributed by atoms with Gasteiger partial charge in [0.15, 0.2) is 0 Å². The first kappa shape index (κ1) is 16.6. The minimum Gasteiger partial charge on any atom is -0.176 e. The van der Waals surface area contributed by atoms with E-state index in [2.05, 4.69) is 30.3 Å². The topological polar surface area (TPSA) is 0 Å². The van der Waals surface area contributed by atoms with E-state index in [4.69, 9.17) is 0 Å². The molecule has 0 radical (unpaired) electrons. The van der Waals surface area contributed by atoms with Gasteiger partial charge in [0.25, 0.3) is 0 Å². The Morgan fingerprint density at radius 3 is 1.80 bits per heavy atom. The Balaban J connectivity index is 0.00000147. The van der Waals surface area contributed by atoms with Crippen LogP contribution in [0.25, 0.3) is 0 Å². The van der Waals surface area contributed by atoms with Crippen LogP contribution in [0.3, 0.4) is 0 Å². The zero-order valence-electron chi connectivity index (χ0n) is 13.0. The third-order valence-corrected chi connectivity index (χ3v) is 8.35. The molecular weight excluding hydrogens is 254 g/mol. The summed E-state index contributed by atoms with van der Waals surface area (Å²) in [5.74, 6) is 0. The van der Waals surface area contributed by atoms with Crippen molar-refractivity contribution in [2.45, 2.75) is 75.5 Å². The number of hydrogen-bond acceptors (Lipinski definition) is 0. The van der Waals surface area contributed by atoms with Crippen LogP contribution in [0, 0.1) is 6.07 Å². The maximum absolute atomic E-state index is 3.59. The third-order valence-electron chi connectivity index (χ3n) is 4.91. The van der Waals surface area contributed by atoms with Gasteiger partial charge in [0.2, 0.25) is 0 Å². The van der Waals surface area contributed by atoms with Crippen LogP contribution in [0.2, 0.25) is 0 Å². The van der Waals surface area contributed by atoms with E-state index in [1.165, 1.54) is 64.2 Å². The van der Waals surface area contributed by atoms with Crippen LogP contribution in [0.4, 0.5) is 0 Å². The van der Waals surface area contributed by atoms with Crippen LogP contribution in [-0.2, 0) is 0 Å². The summed E-state index contributed by atoms with van der Waals surface area (Å²) in [6, 6.07) is 12.4. The van der Waals surface area contributed by atoms with Crippen LogP contribution in [0.15, 0.2) is 24.3 Å². The van der Waals surface area contributed by atoms with Crippen molar-refractivity contribution in [3.05, 3.63) is 30.3 Å². The van der Waals surface area contributed by atoms with Gasteiger partial charge in [-0.05, 0) is 37.0 Å². The van der Waals surface area contributed by atoms with Crippen molar-refractivity contribution in [3.63, 3.8) is 0 Å². The van der Waals surface area contributed by atoms with Crippen molar-refractivity contribution in [3.8, 4) is 0 Å². The van der Waals surface area contributed by atoms with E-state index in [0.29, 0.717) is 0 Å². The molecule has 2 aliphatic carbocycles. The summed E-state index contributed by atoms with van der Waals surface area (Å²) < 4.78 is 0. The molecule has 0 N–H and O–H groups in total. The van der Waals surface area contributed by atoms with Crippen LogP contribution >= 0.6 is 7.92 Å². The Morgan fingerprint density at radius 2 is 1.35 bits per heavy atom. The average molecular weight is 280 g/mol. The minimum atomic E-state index is 0. The van der Waals surface area contributed by atoms with Crippen molar-refractivity contribution in [2.24, 2.45) is 0 Å². The standard InChI is InChI=1S/C18H26P.Li/c1-4-10-16(11-5-1)19(17-12-6-2-7-13-17)18-14-8-3-9-15-18;/h1,4-5,10,17-18H,2-3,6-9,12-15H2;/q-1;+1. The first-order chi connectivity index (χ1) is 9.45. The summed E-state index contributed by atoms with van der Waals surface area (Å²) in [5, 5.41) is 1.58. The Labute approximate surface area is 138 Å². The largest absolute Gasteiger partial charge is 1.00 e. The molecule has 0 spiro atoms. The number of benzene rings is 1. The second-order valence-corrected chi connectivity index (χ2v) is 9.00. The molecule has 1 aromatic carbocycles. The molecule has 3 rings (SSSR count). The summed E-state index contributed by atoms with van der Waals surface area (Å²) in [6.45, 7) is 0. The summed E-state index contributed by atoms with van der Waals surface area (Å²) in [6.07, 6.45) is 14.8. The smallest absolute Gasteiger partial charge is 0.176 e. The van der Waals surface area contributed by atoms with Crippen molar-refractivity contribution < 1.29 is 18.9 Å². The average Bonchev–Trinajstić information content (AvgIpc) is 2.51. The van der Waals surface area contributed by atoms with Gasteiger partial charge in [-0.15, -0.1) is 5.30 Å². The predicted molar refractivity (Wildman–Crippen MR) is 85.6 cm³/mol. The molecule has 20 heavy (non-hydrogen) atoms. The van der Waals surface area contributed by atoms with E-state index in [1.807, 2.05) is 0 Å². The number of rotatable bonds is 3. The SMILES string of the molecule is [Li+].[c-]1ccccc1P(C1CCCCC1)C1CCCCC1. The van der Waals surface area contributed by atoms with Crippen molar-refractivity contribution in [2.75, 3.05) is 0 Å². The van der Waals surface area contributed by atoms with Gasteiger partial charge in [-0.2, -0.15) is 30.3 Å². The molecule has 2 aliphatic rings. The van der Waals surface area contributed by atoms with Gasteiger partial charge < -0.3 is 0 Å². The monoisotopic (exact) mass is 280 g/mol. The van der Waals surface area contributed by atoms with Gasteiger partial charge in [0.05, 0.1) is 0 Å². The third kappa shape index (κ3) is 4.13. The molecule has 0 bridgehead atoms. The molecule has 0 atom stereocenters. The molecule has 104 valence electrons.